The van der Waals surface area contributed by atoms with Gasteiger partial charge in [0.25, 0.3) is 5.69 Å². The minimum absolute atomic E-state index is 0.0146. The van der Waals surface area contributed by atoms with Crippen LogP contribution < -0.4 is 0 Å². The van der Waals surface area contributed by atoms with Crippen LogP contribution >= 0.6 is 0 Å². The number of nitrogens with one attached hydrogen (secondary N) is 1. The van der Waals surface area contributed by atoms with Crippen LogP contribution in [0.25, 0.3) is 11.3 Å². The number of H-pyrrole nitrogens is 1. The fraction of sp³-hybridized carbons (Fsp3) is 0. The molecule has 0 saturated carbocycles. The quantitative estimate of drug-likeness (QED) is 0.449. The van der Waals surface area contributed by atoms with Gasteiger partial charge < -0.3 is 4.42 Å². The molecule has 0 radical (unpaired) electrons. The highest BCUT2D eigenvalue weighted by Gasteiger charge is 2.09. The molecule has 0 unspecified atom stereocenters. The second kappa shape index (κ2) is 5.37. The van der Waals surface area contributed by atoms with E-state index in [-0.39, 0.29) is 5.69 Å². The molecule has 21 heavy (non-hydrogen) atoms. The fourth-order valence-electron chi connectivity index (χ4n) is 1.74. The van der Waals surface area contributed by atoms with E-state index in [1.807, 2.05) is 0 Å². The van der Waals surface area contributed by atoms with Crippen molar-refractivity contribution >= 4 is 17.9 Å². The number of nitrogens with zero attached hydrogens (tertiary/aromatic N) is 4. The van der Waals surface area contributed by atoms with Crippen molar-refractivity contribution in [3.05, 3.63) is 58.6 Å². The molecule has 104 valence electrons. The first-order valence-electron chi connectivity index (χ1n) is 5.96. The van der Waals surface area contributed by atoms with Crippen molar-refractivity contribution in [3.63, 3.8) is 0 Å². The molecule has 1 aromatic carbocycles. The minimum atomic E-state index is -0.446. The van der Waals surface area contributed by atoms with E-state index >= 15 is 0 Å². The van der Waals surface area contributed by atoms with Crippen LogP contribution in [0, 0.1) is 10.1 Å². The molecule has 0 spiro atoms. The summed E-state index contributed by atoms with van der Waals surface area (Å²) in [6.45, 7) is 0. The first kappa shape index (κ1) is 12.7. The molecule has 0 saturated heterocycles. The lowest BCUT2D eigenvalue weighted by Crippen LogP contribution is -1.87. The number of hydrogen-bond acceptors (Lipinski definition) is 6. The highest BCUT2D eigenvalue weighted by Crippen LogP contribution is 2.25. The Labute approximate surface area is 118 Å². The highest BCUT2D eigenvalue weighted by atomic mass is 16.6. The molecular weight excluding hydrogens is 274 g/mol. The maximum absolute atomic E-state index is 10.8. The van der Waals surface area contributed by atoms with Crippen LogP contribution in [0.1, 0.15) is 5.76 Å². The van der Waals surface area contributed by atoms with Gasteiger partial charge in [0.2, 0.25) is 5.95 Å². The molecule has 0 fully saturated rings. The predicted octanol–water partition coefficient (Wildman–Crippen LogP) is 2.72. The summed E-state index contributed by atoms with van der Waals surface area (Å²) in [5.41, 5.74) is 0.643. The molecule has 0 aliphatic heterocycles. The first-order valence-corrected chi connectivity index (χ1v) is 5.96. The van der Waals surface area contributed by atoms with Crippen molar-refractivity contribution in [1.29, 1.82) is 0 Å². The number of aromatic amines is 1. The second-order valence-corrected chi connectivity index (χ2v) is 4.08. The van der Waals surface area contributed by atoms with Crippen molar-refractivity contribution in [2.24, 2.45) is 4.99 Å². The van der Waals surface area contributed by atoms with Crippen LogP contribution in [-0.2, 0) is 0 Å². The largest absolute Gasteiger partial charge is 0.455 e. The summed E-state index contributed by atoms with van der Waals surface area (Å²) >= 11 is 0. The van der Waals surface area contributed by atoms with Gasteiger partial charge in [-0.25, -0.2) is 10.1 Å². The van der Waals surface area contributed by atoms with Crippen LogP contribution in [0.4, 0.5) is 11.6 Å². The van der Waals surface area contributed by atoms with Crippen molar-refractivity contribution in [2.75, 3.05) is 0 Å². The number of nitro groups is 1. The molecular formula is C13H9N5O3. The van der Waals surface area contributed by atoms with Crippen LogP contribution in [-0.4, -0.2) is 26.3 Å². The average Bonchev–Trinajstić information content (AvgIpc) is 3.17. The Morgan fingerprint density at radius 3 is 3.00 bits per heavy atom. The van der Waals surface area contributed by atoms with E-state index in [0.29, 0.717) is 23.0 Å². The molecule has 0 bridgehead atoms. The number of hydrogen-bond donors (Lipinski definition) is 1. The van der Waals surface area contributed by atoms with Gasteiger partial charge in [-0.3, -0.25) is 10.1 Å². The van der Waals surface area contributed by atoms with Crippen molar-refractivity contribution in [2.45, 2.75) is 0 Å². The molecule has 0 atom stereocenters. The van der Waals surface area contributed by atoms with E-state index in [0.717, 1.165) is 0 Å². The fourth-order valence-corrected chi connectivity index (χ4v) is 1.74. The van der Waals surface area contributed by atoms with Gasteiger partial charge in [0.15, 0.2) is 0 Å². The number of aliphatic imine (C=N–C) groups is 1. The molecule has 0 aliphatic carbocycles. The first-order chi connectivity index (χ1) is 10.2. The number of non-ortho nitro benzene ring substituents is 1. The molecule has 8 heteroatoms. The van der Waals surface area contributed by atoms with Crippen LogP contribution in [0.3, 0.4) is 0 Å². The maximum atomic E-state index is 10.8. The zero-order chi connectivity index (χ0) is 14.7. The van der Waals surface area contributed by atoms with Gasteiger partial charge in [-0.2, -0.15) is 10.1 Å². The molecule has 2 heterocycles. The molecule has 0 amide bonds. The van der Waals surface area contributed by atoms with E-state index in [2.05, 4.69) is 20.2 Å². The molecule has 0 aliphatic rings. The third-order valence-corrected chi connectivity index (χ3v) is 2.68. The summed E-state index contributed by atoms with van der Waals surface area (Å²) in [4.78, 5) is 18.2. The Hall–Kier alpha value is -3.29. The van der Waals surface area contributed by atoms with Gasteiger partial charge in [-0.05, 0) is 12.1 Å². The Balaban J connectivity index is 1.84. The lowest BCUT2D eigenvalue weighted by atomic mass is 10.1. The van der Waals surface area contributed by atoms with E-state index < -0.39 is 4.92 Å². The molecule has 3 rings (SSSR count). The third-order valence-electron chi connectivity index (χ3n) is 2.68. The maximum Gasteiger partial charge on any atom is 0.270 e. The van der Waals surface area contributed by atoms with E-state index in [4.69, 9.17) is 4.42 Å². The van der Waals surface area contributed by atoms with Gasteiger partial charge >= 0.3 is 0 Å². The van der Waals surface area contributed by atoms with Gasteiger partial charge in [-0.15, -0.1) is 0 Å². The average molecular weight is 283 g/mol. The van der Waals surface area contributed by atoms with Crippen LogP contribution in [0.5, 0.6) is 0 Å². The van der Waals surface area contributed by atoms with Gasteiger partial charge in [0.05, 0.1) is 11.1 Å². The number of aromatic nitrogens is 3. The second-order valence-electron chi connectivity index (χ2n) is 4.08. The van der Waals surface area contributed by atoms with Crippen molar-refractivity contribution in [3.8, 4) is 11.3 Å². The lowest BCUT2D eigenvalue weighted by Gasteiger charge is -1.96. The minimum Gasteiger partial charge on any atom is -0.455 e. The molecule has 8 nitrogen and oxygen atoms in total. The van der Waals surface area contributed by atoms with E-state index in [1.54, 1.807) is 24.3 Å². The predicted molar refractivity (Wildman–Crippen MR) is 74.4 cm³/mol. The third kappa shape index (κ3) is 2.84. The molecule has 3 aromatic rings. The summed E-state index contributed by atoms with van der Waals surface area (Å²) in [5.74, 6) is 1.40. The van der Waals surface area contributed by atoms with Gasteiger partial charge in [0.1, 0.15) is 17.8 Å². The monoisotopic (exact) mass is 283 g/mol. The topological polar surface area (TPSA) is 110 Å². The zero-order valence-corrected chi connectivity index (χ0v) is 10.6. The highest BCUT2D eigenvalue weighted by molar-refractivity contribution is 5.79. The summed E-state index contributed by atoms with van der Waals surface area (Å²) in [6, 6.07) is 9.67. The Bertz CT molecular complexity index is 792. The SMILES string of the molecule is O=[N+]([O-])c1cccc(-c2ccc(/C=N/c3ncn[nH]3)o2)c1. The van der Waals surface area contributed by atoms with Crippen molar-refractivity contribution < 1.29 is 9.34 Å². The number of benzene rings is 1. The van der Waals surface area contributed by atoms with Gasteiger partial charge in [-0.1, -0.05) is 12.1 Å². The summed E-state index contributed by atoms with van der Waals surface area (Å²) in [7, 11) is 0. The Morgan fingerprint density at radius 1 is 1.33 bits per heavy atom. The van der Waals surface area contributed by atoms with E-state index in [1.165, 1.54) is 24.7 Å². The van der Waals surface area contributed by atoms with Crippen molar-refractivity contribution in [1.82, 2.24) is 15.2 Å². The summed E-state index contributed by atoms with van der Waals surface area (Å²) < 4.78 is 5.57. The summed E-state index contributed by atoms with van der Waals surface area (Å²) in [6.07, 6.45) is 2.84. The zero-order valence-electron chi connectivity index (χ0n) is 10.6. The van der Waals surface area contributed by atoms with E-state index in [9.17, 15) is 10.1 Å². The Morgan fingerprint density at radius 2 is 2.24 bits per heavy atom. The van der Waals surface area contributed by atoms with Crippen LogP contribution in [0.2, 0.25) is 0 Å². The lowest BCUT2D eigenvalue weighted by molar-refractivity contribution is -0.384. The number of nitro benzene ring substituents is 1. The standard InChI is InChI=1S/C13H9N5O3/c19-18(20)10-3-1-2-9(6-10)12-5-4-11(21-12)7-14-13-15-8-16-17-13/h1-8H,(H,15,16,17)/b14-7+. The molecule has 1 N–H and O–H groups in total. The smallest absolute Gasteiger partial charge is 0.270 e. The summed E-state index contributed by atoms with van der Waals surface area (Å²) in [5, 5.41) is 17.0. The van der Waals surface area contributed by atoms with Gasteiger partial charge in [0, 0.05) is 17.7 Å². The number of rotatable bonds is 4. The molecule has 2 aromatic heterocycles. The normalized spacial score (nSPS) is 11.0. The Kier molecular flexibility index (Phi) is 3.26. The van der Waals surface area contributed by atoms with Crippen LogP contribution in [0.15, 0.2) is 52.1 Å². The number of furan rings is 1.